The first-order chi connectivity index (χ1) is 10.2. The molecule has 0 aliphatic carbocycles. The van der Waals surface area contributed by atoms with Gasteiger partial charge >= 0.3 is 0 Å². The fraction of sp³-hybridized carbons (Fsp3) is 0.231. The van der Waals surface area contributed by atoms with E-state index >= 15 is 0 Å². The normalized spacial score (nSPS) is 11.5. The van der Waals surface area contributed by atoms with Gasteiger partial charge < -0.3 is 5.32 Å². The van der Waals surface area contributed by atoms with Gasteiger partial charge in [0.2, 0.25) is 10.0 Å². The van der Waals surface area contributed by atoms with Crippen molar-refractivity contribution in [1.29, 1.82) is 0 Å². The minimum Gasteiger partial charge on any atom is -0.347 e. The van der Waals surface area contributed by atoms with Gasteiger partial charge in [0, 0.05) is 13.6 Å². The van der Waals surface area contributed by atoms with Gasteiger partial charge in [-0.15, -0.1) is 0 Å². The van der Waals surface area contributed by atoms with E-state index in [0.717, 1.165) is 11.3 Å². The van der Waals surface area contributed by atoms with E-state index in [4.69, 9.17) is 5.14 Å². The smallest absolute Gasteiger partial charge is 0.273 e. The summed E-state index contributed by atoms with van der Waals surface area (Å²) in [5, 5.41) is 11.9. The second-order valence-electron chi connectivity index (χ2n) is 4.74. The van der Waals surface area contributed by atoms with Crippen molar-refractivity contribution in [3.63, 3.8) is 0 Å². The van der Waals surface area contributed by atoms with Crippen LogP contribution in [0.3, 0.4) is 0 Å². The number of halogens is 1. The predicted molar refractivity (Wildman–Crippen MR) is 84.6 cm³/mol. The number of amides is 1. The summed E-state index contributed by atoms with van der Waals surface area (Å²) in [6.45, 7) is 2.10. The van der Waals surface area contributed by atoms with Gasteiger partial charge in [0.15, 0.2) is 5.69 Å². The van der Waals surface area contributed by atoms with Gasteiger partial charge in [-0.05, 0) is 40.5 Å². The Morgan fingerprint density at radius 2 is 1.95 bits per heavy atom. The van der Waals surface area contributed by atoms with Crippen LogP contribution in [-0.4, -0.2) is 24.1 Å². The molecule has 1 heterocycles. The average Bonchev–Trinajstić information content (AvgIpc) is 2.72. The lowest BCUT2D eigenvalue weighted by Crippen LogP contribution is -2.23. The van der Waals surface area contributed by atoms with Crippen LogP contribution in [0.5, 0.6) is 0 Å². The van der Waals surface area contributed by atoms with Crippen LogP contribution in [0.15, 0.2) is 33.6 Å². The van der Waals surface area contributed by atoms with Crippen LogP contribution in [0.2, 0.25) is 0 Å². The lowest BCUT2D eigenvalue weighted by Gasteiger charge is -2.05. The maximum absolute atomic E-state index is 12.1. The summed E-state index contributed by atoms with van der Waals surface area (Å²) in [6, 6.07) is 5.99. The van der Waals surface area contributed by atoms with Gasteiger partial charge in [0.05, 0.1) is 15.1 Å². The van der Waals surface area contributed by atoms with Crippen LogP contribution in [0, 0.1) is 6.92 Å². The van der Waals surface area contributed by atoms with Gasteiger partial charge in [-0.1, -0.05) is 12.1 Å². The third-order valence-corrected chi connectivity index (χ3v) is 5.06. The van der Waals surface area contributed by atoms with E-state index in [1.807, 2.05) is 6.92 Å². The van der Waals surface area contributed by atoms with Gasteiger partial charge in [0.25, 0.3) is 5.91 Å². The van der Waals surface area contributed by atoms with Crippen molar-refractivity contribution in [2.45, 2.75) is 18.4 Å². The molecule has 0 spiro atoms. The molecule has 0 saturated carbocycles. The number of carbonyl (C=O) groups excluding carboxylic acids is 1. The molecule has 0 aliphatic heterocycles. The number of nitrogens with zero attached hydrogens (tertiary/aromatic N) is 2. The number of hydrogen-bond acceptors (Lipinski definition) is 4. The monoisotopic (exact) mass is 386 g/mol. The first-order valence-corrected chi connectivity index (χ1v) is 8.63. The Morgan fingerprint density at radius 1 is 1.36 bits per heavy atom. The molecule has 3 N–H and O–H groups in total. The summed E-state index contributed by atoms with van der Waals surface area (Å²) in [5.41, 5.74) is 1.91. The molecule has 0 fully saturated rings. The molecule has 1 amide bonds. The van der Waals surface area contributed by atoms with E-state index in [9.17, 15) is 13.2 Å². The fourth-order valence-electron chi connectivity index (χ4n) is 1.79. The van der Waals surface area contributed by atoms with E-state index in [1.165, 1.54) is 12.1 Å². The van der Waals surface area contributed by atoms with Crippen molar-refractivity contribution in [1.82, 2.24) is 15.1 Å². The van der Waals surface area contributed by atoms with Crippen LogP contribution in [-0.2, 0) is 23.6 Å². The largest absolute Gasteiger partial charge is 0.347 e. The Balaban J connectivity index is 2.07. The molecule has 0 aliphatic rings. The lowest BCUT2D eigenvalue weighted by molar-refractivity contribution is 0.0944. The SMILES string of the molecule is Cc1c(Br)c(C(=O)NCc2ccc(S(N)(=O)=O)cc2)nn1C. The van der Waals surface area contributed by atoms with Crippen molar-refractivity contribution in [2.75, 3.05) is 0 Å². The van der Waals surface area contributed by atoms with Crippen LogP contribution in [0.25, 0.3) is 0 Å². The van der Waals surface area contributed by atoms with E-state index in [2.05, 4.69) is 26.3 Å². The van der Waals surface area contributed by atoms with Crippen molar-refractivity contribution in [3.05, 3.63) is 45.7 Å². The number of hydrogen-bond donors (Lipinski definition) is 2. The number of rotatable bonds is 4. The average molecular weight is 387 g/mol. The second-order valence-corrected chi connectivity index (χ2v) is 7.10. The summed E-state index contributed by atoms with van der Waals surface area (Å²) in [5.74, 6) is -0.314. The molecule has 0 bridgehead atoms. The number of primary sulfonamides is 1. The highest BCUT2D eigenvalue weighted by molar-refractivity contribution is 9.10. The van der Waals surface area contributed by atoms with Crippen molar-refractivity contribution < 1.29 is 13.2 Å². The molecular formula is C13H15BrN4O3S. The molecule has 0 unspecified atom stereocenters. The first-order valence-electron chi connectivity index (χ1n) is 6.29. The van der Waals surface area contributed by atoms with E-state index in [0.29, 0.717) is 10.2 Å². The van der Waals surface area contributed by atoms with Gasteiger partial charge in [0.1, 0.15) is 0 Å². The Hall–Kier alpha value is -1.71. The molecule has 2 rings (SSSR count). The molecule has 0 saturated heterocycles. The van der Waals surface area contributed by atoms with Crippen molar-refractivity contribution in [3.8, 4) is 0 Å². The quantitative estimate of drug-likeness (QED) is 0.818. The minimum absolute atomic E-state index is 0.0330. The standard InChI is InChI=1S/C13H15BrN4O3S/c1-8-11(14)12(17-18(8)2)13(19)16-7-9-3-5-10(6-4-9)22(15,20)21/h3-6H,7H2,1-2H3,(H,16,19)(H2,15,20,21). The van der Waals surface area contributed by atoms with Crippen LogP contribution < -0.4 is 10.5 Å². The molecule has 0 atom stereocenters. The van der Waals surface area contributed by atoms with Crippen molar-refractivity contribution >= 4 is 31.9 Å². The maximum Gasteiger partial charge on any atom is 0.273 e. The first kappa shape index (κ1) is 16.7. The number of aryl methyl sites for hydroxylation is 1. The third kappa shape index (κ3) is 3.54. The second kappa shape index (κ2) is 6.19. The van der Waals surface area contributed by atoms with Crippen LogP contribution >= 0.6 is 15.9 Å². The van der Waals surface area contributed by atoms with Gasteiger partial charge in [-0.25, -0.2) is 13.6 Å². The number of aromatic nitrogens is 2. The maximum atomic E-state index is 12.1. The molecule has 0 radical (unpaired) electrons. The highest BCUT2D eigenvalue weighted by Crippen LogP contribution is 2.20. The van der Waals surface area contributed by atoms with E-state index in [1.54, 1.807) is 23.9 Å². The summed E-state index contributed by atoms with van der Waals surface area (Å²) in [7, 11) is -1.95. The molecule has 2 aromatic rings. The summed E-state index contributed by atoms with van der Waals surface area (Å²) in [4.78, 5) is 12.1. The van der Waals surface area contributed by atoms with Gasteiger partial charge in [-0.2, -0.15) is 5.10 Å². The lowest BCUT2D eigenvalue weighted by atomic mass is 10.2. The van der Waals surface area contributed by atoms with Crippen LogP contribution in [0.4, 0.5) is 0 Å². The molecule has 9 heteroatoms. The predicted octanol–water partition coefficient (Wildman–Crippen LogP) is 1.07. The van der Waals surface area contributed by atoms with E-state index < -0.39 is 10.0 Å². The highest BCUT2D eigenvalue weighted by Gasteiger charge is 2.17. The fourth-order valence-corrected chi connectivity index (χ4v) is 2.82. The minimum atomic E-state index is -3.71. The number of benzene rings is 1. The van der Waals surface area contributed by atoms with E-state index in [-0.39, 0.29) is 17.3 Å². The molecular weight excluding hydrogens is 372 g/mol. The van der Waals surface area contributed by atoms with Crippen molar-refractivity contribution in [2.24, 2.45) is 12.2 Å². The molecule has 7 nitrogen and oxygen atoms in total. The zero-order valence-corrected chi connectivity index (χ0v) is 14.4. The summed E-state index contributed by atoms with van der Waals surface area (Å²) in [6.07, 6.45) is 0. The number of nitrogens with one attached hydrogen (secondary N) is 1. The van der Waals surface area contributed by atoms with Crippen LogP contribution in [0.1, 0.15) is 21.7 Å². The highest BCUT2D eigenvalue weighted by atomic mass is 79.9. The molecule has 118 valence electrons. The number of nitrogens with two attached hydrogens (primary N) is 1. The third-order valence-electron chi connectivity index (χ3n) is 3.18. The zero-order valence-electron chi connectivity index (χ0n) is 12.0. The zero-order chi connectivity index (χ0) is 16.5. The summed E-state index contributed by atoms with van der Waals surface area (Å²) >= 11 is 3.33. The topological polar surface area (TPSA) is 107 Å². The number of sulfonamides is 1. The Morgan fingerprint density at radius 3 is 2.41 bits per heavy atom. The Labute approximate surface area is 136 Å². The summed E-state index contributed by atoms with van der Waals surface area (Å²) < 4.78 is 24.6. The van der Waals surface area contributed by atoms with Gasteiger partial charge in [-0.3, -0.25) is 9.48 Å². The molecule has 1 aromatic carbocycles. The molecule has 22 heavy (non-hydrogen) atoms. The Kier molecular flexibility index (Phi) is 4.69. The molecule has 1 aromatic heterocycles. The Bertz CT molecular complexity index is 813. The number of carbonyl (C=O) groups is 1.